The molecule has 6 heteroatoms. The van der Waals surface area contributed by atoms with Gasteiger partial charge in [-0.25, -0.2) is 0 Å². The van der Waals surface area contributed by atoms with Gasteiger partial charge in [-0.1, -0.05) is 39.7 Å². The summed E-state index contributed by atoms with van der Waals surface area (Å²) in [6, 6.07) is 14.6. The summed E-state index contributed by atoms with van der Waals surface area (Å²) in [7, 11) is 0. The van der Waals surface area contributed by atoms with Crippen molar-refractivity contribution >= 4 is 62.5 Å². The van der Waals surface area contributed by atoms with Crippen molar-refractivity contribution < 1.29 is 4.79 Å². The minimum atomic E-state index is -0.178. The lowest BCUT2D eigenvalue weighted by atomic mass is 10.2. The number of hydrogen-bond donors (Lipinski definition) is 1. The van der Waals surface area contributed by atoms with E-state index in [1.807, 2.05) is 36.4 Å². The first-order chi connectivity index (χ1) is 10.5. The first-order valence-electron chi connectivity index (χ1n) is 6.43. The Kier molecular flexibility index (Phi) is 4.29. The van der Waals surface area contributed by atoms with Crippen LogP contribution in [0, 0.1) is 0 Å². The van der Waals surface area contributed by atoms with E-state index in [4.69, 9.17) is 23.8 Å². The van der Waals surface area contributed by atoms with E-state index in [9.17, 15) is 4.79 Å². The second kappa shape index (κ2) is 6.20. The second-order valence-corrected chi connectivity index (χ2v) is 6.40. The van der Waals surface area contributed by atoms with Crippen molar-refractivity contribution in [1.82, 2.24) is 5.32 Å². The Labute approximate surface area is 146 Å². The van der Waals surface area contributed by atoms with Gasteiger partial charge in [0.15, 0.2) is 5.11 Å². The van der Waals surface area contributed by atoms with Crippen LogP contribution in [0.2, 0.25) is 5.02 Å². The van der Waals surface area contributed by atoms with E-state index in [0.717, 1.165) is 15.7 Å². The number of halogens is 2. The van der Waals surface area contributed by atoms with E-state index in [2.05, 4.69) is 21.2 Å². The molecule has 0 radical (unpaired) electrons. The summed E-state index contributed by atoms with van der Waals surface area (Å²) < 4.78 is 0.943. The monoisotopic (exact) mass is 392 g/mol. The average Bonchev–Trinajstić information content (AvgIpc) is 2.77. The van der Waals surface area contributed by atoms with Gasteiger partial charge in [0.1, 0.15) is 5.70 Å². The molecule has 22 heavy (non-hydrogen) atoms. The van der Waals surface area contributed by atoms with E-state index in [1.54, 1.807) is 18.2 Å². The van der Waals surface area contributed by atoms with Crippen LogP contribution in [0.5, 0.6) is 0 Å². The molecule has 2 aromatic rings. The molecule has 3 nitrogen and oxygen atoms in total. The van der Waals surface area contributed by atoms with Gasteiger partial charge in [0, 0.05) is 9.50 Å². The number of amides is 1. The Morgan fingerprint density at radius 3 is 2.36 bits per heavy atom. The van der Waals surface area contributed by atoms with Crippen LogP contribution in [0.4, 0.5) is 5.69 Å². The normalized spacial score (nSPS) is 16.3. The SMILES string of the molecule is O=C1/C(=C\c2ccc(Cl)cc2)NC(=S)N1c1ccc(Br)cc1. The van der Waals surface area contributed by atoms with Gasteiger partial charge >= 0.3 is 0 Å². The van der Waals surface area contributed by atoms with Gasteiger partial charge < -0.3 is 5.32 Å². The molecular weight excluding hydrogens is 384 g/mol. The molecule has 0 aromatic heterocycles. The summed E-state index contributed by atoms with van der Waals surface area (Å²) in [6.45, 7) is 0. The lowest BCUT2D eigenvalue weighted by Gasteiger charge is -2.13. The summed E-state index contributed by atoms with van der Waals surface area (Å²) in [4.78, 5) is 14.0. The molecule has 0 spiro atoms. The number of nitrogens with one attached hydrogen (secondary N) is 1. The summed E-state index contributed by atoms with van der Waals surface area (Å²) in [5.41, 5.74) is 2.04. The van der Waals surface area contributed by atoms with Gasteiger partial charge in [0.05, 0.1) is 5.69 Å². The first kappa shape index (κ1) is 15.2. The zero-order chi connectivity index (χ0) is 15.7. The molecule has 1 amide bonds. The topological polar surface area (TPSA) is 32.3 Å². The van der Waals surface area contributed by atoms with Gasteiger partial charge in [-0.2, -0.15) is 0 Å². The van der Waals surface area contributed by atoms with Crippen molar-refractivity contribution in [1.29, 1.82) is 0 Å². The van der Waals surface area contributed by atoms with E-state index in [0.29, 0.717) is 15.8 Å². The van der Waals surface area contributed by atoms with Crippen LogP contribution in [0.3, 0.4) is 0 Å². The van der Waals surface area contributed by atoms with Crippen LogP contribution in [-0.4, -0.2) is 11.0 Å². The zero-order valence-corrected chi connectivity index (χ0v) is 14.4. The van der Waals surface area contributed by atoms with Crippen molar-refractivity contribution in [2.24, 2.45) is 0 Å². The first-order valence-corrected chi connectivity index (χ1v) is 8.01. The van der Waals surface area contributed by atoms with Crippen LogP contribution < -0.4 is 10.2 Å². The standard InChI is InChI=1S/C16H10BrClN2OS/c17-11-3-7-13(8-4-11)20-15(21)14(19-16(20)22)9-10-1-5-12(18)6-2-10/h1-9H,(H,19,22)/b14-9+. The van der Waals surface area contributed by atoms with Crippen LogP contribution in [0.15, 0.2) is 58.7 Å². The number of benzene rings is 2. The summed E-state index contributed by atoms with van der Waals surface area (Å²) in [5, 5.41) is 3.97. The van der Waals surface area contributed by atoms with Gasteiger partial charge in [0.2, 0.25) is 0 Å². The minimum Gasteiger partial charge on any atom is -0.327 e. The molecule has 1 fully saturated rings. The van der Waals surface area contributed by atoms with Crippen LogP contribution >= 0.6 is 39.7 Å². The van der Waals surface area contributed by atoms with Gasteiger partial charge in [-0.05, 0) is 60.3 Å². The Morgan fingerprint density at radius 2 is 1.73 bits per heavy atom. The van der Waals surface area contributed by atoms with Crippen molar-refractivity contribution in [3.05, 3.63) is 69.3 Å². The summed E-state index contributed by atoms with van der Waals surface area (Å²) >= 11 is 14.5. The molecule has 1 N–H and O–H groups in total. The molecule has 0 atom stereocenters. The highest BCUT2D eigenvalue weighted by molar-refractivity contribution is 9.10. The molecule has 1 aliphatic rings. The van der Waals surface area contributed by atoms with Crippen molar-refractivity contribution in [3.63, 3.8) is 0 Å². The number of nitrogens with zero attached hydrogens (tertiary/aromatic N) is 1. The zero-order valence-electron chi connectivity index (χ0n) is 11.2. The molecule has 110 valence electrons. The number of hydrogen-bond acceptors (Lipinski definition) is 2. The Morgan fingerprint density at radius 1 is 1.09 bits per heavy atom. The molecule has 2 aromatic carbocycles. The summed E-state index contributed by atoms with van der Waals surface area (Å²) in [6.07, 6.45) is 1.75. The highest BCUT2D eigenvalue weighted by Crippen LogP contribution is 2.24. The number of carbonyl (C=O) groups is 1. The Bertz CT molecular complexity index is 772. The fraction of sp³-hybridized carbons (Fsp3) is 0. The quantitative estimate of drug-likeness (QED) is 0.607. The predicted octanol–water partition coefficient (Wildman–Crippen LogP) is 4.36. The molecule has 0 bridgehead atoms. The Hall–Kier alpha value is -1.69. The fourth-order valence-electron chi connectivity index (χ4n) is 2.09. The third kappa shape index (κ3) is 3.06. The van der Waals surface area contributed by atoms with E-state index < -0.39 is 0 Å². The predicted molar refractivity (Wildman–Crippen MR) is 96.8 cm³/mol. The number of thiocarbonyl (C=S) groups is 1. The van der Waals surface area contributed by atoms with Crippen LogP contribution in [-0.2, 0) is 4.79 Å². The second-order valence-electron chi connectivity index (χ2n) is 4.66. The van der Waals surface area contributed by atoms with Gasteiger partial charge in [-0.3, -0.25) is 9.69 Å². The molecule has 0 saturated carbocycles. The van der Waals surface area contributed by atoms with E-state index >= 15 is 0 Å². The van der Waals surface area contributed by atoms with Gasteiger partial charge in [-0.15, -0.1) is 0 Å². The minimum absolute atomic E-state index is 0.178. The van der Waals surface area contributed by atoms with E-state index in [1.165, 1.54) is 4.90 Å². The molecular formula is C16H10BrClN2OS. The number of anilines is 1. The third-order valence-corrected chi connectivity index (χ3v) is 4.21. The fourth-order valence-corrected chi connectivity index (χ4v) is 2.77. The Balaban J connectivity index is 1.91. The third-order valence-electron chi connectivity index (χ3n) is 3.14. The van der Waals surface area contributed by atoms with Crippen molar-refractivity contribution in [2.75, 3.05) is 4.90 Å². The van der Waals surface area contributed by atoms with Crippen molar-refractivity contribution in [3.8, 4) is 0 Å². The smallest absolute Gasteiger partial charge is 0.281 e. The average molecular weight is 394 g/mol. The number of carbonyl (C=O) groups excluding carboxylic acids is 1. The van der Waals surface area contributed by atoms with Gasteiger partial charge in [0.25, 0.3) is 5.91 Å². The highest BCUT2D eigenvalue weighted by atomic mass is 79.9. The molecule has 1 saturated heterocycles. The highest BCUT2D eigenvalue weighted by Gasteiger charge is 2.31. The lowest BCUT2D eigenvalue weighted by Crippen LogP contribution is -2.30. The maximum atomic E-state index is 12.5. The maximum Gasteiger partial charge on any atom is 0.281 e. The molecule has 1 aliphatic heterocycles. The lowest BCUT2D eigenvalue weighted by molar-refractivity contribution is -0.113. The molecule has 3 rings (SSSR count). The molecule has 0 unspecified atom stereocenters. The van der Waals surface area contributed by atoms with Crippen LogP contribution in [0.1, 0.15) is 5.56 Å². The van der Waals surface area contributed by atoms with E-state index in [-0.39, 0.29) is 5.91 Å². The molecule has 0 aliphatic carbocycles. The summed E-state index contributed by atoms with van der Waals surface area (Å²) in [5.74, 6) is -0.178. The van der Waals surface area contributed by atoms with Crippen molar-refractivity contribution in [2.45, 2.75) is 0 Å². The van der Waals surface area contributed by atoms with Crippen LogP contribution in [0.25, 0.3) is 6.08 Å². The molecule has 1 heterocycles. The maximum absolute atomic E-state index is 12.5. The largest absolute Gasteiger partial charge is 0.327 e. The number of rotatable bonds is 2.